The summed E-state index contributed by atoms with van der Waals surface area (Å²) in [5.74, 6) is 0. The Labute approximate surface area is 105 Å². The second-order valence-corrected chi connectivity index (χ2v) is 5.57. The molecule has 0 aliphatic rings. The molecule has 1 heterocycles. The average Bonchev–Trinajstić information content (AvgIpc) is 2.59. The lowest BCUT2D eigenvalue weighted by Gasteiger charge is -2.02. The first-order valence-corrected chi connectivity index (χ1v) is 7.30. The van der Waals surface area contributed by atoms with Crippen molar-refractivity contribution in [2.24, 2.45) is 0 Å². The number of hydrogen-bond donors (Lipinski definition) is 0. The summed E-state index contributed by atoms with van der Waals surface area (Å²) in [4.78, 5) is 0. The fourth-order valence-corrected chi connectivity index (χ4v) is 3.88. The molecule has 0 aliphatic carbocycles. The molecule has 0 saturated carbocycles. The van der Waals surface area contributed by atoms with Crippen LogP contribution in [-0.2, 0) is 11.8 Å². The maximum absolute atomic E-state index is 3.54. The number of fused-ring (bicyclic) bond motifs is 1. The van der Waals surface area contributed by atoms with Gasteiger partial charge in [0.25, 0.3) is 0 Å². The summed E-state index contributed by atoms with van der Waals surface area (Å²) < 4.78 is 2.55. The highest BCUT2D eigenvalue weighted by Crippen LogP contribution is 2.33. The third kappa shape index (κ3) is 1.77. The van der Waals surface area contributed by atoms with Gasteiger partial charge in [-0.15, -0.1) is 11.3 Å². The smallest absolute Gasteiger partial charge is 0.0359 e. The average molecular weight is 334 g/mol. The molecule has 3 heteroatoms. The largest absolute Gasteiger partial charge is 0.143 e. The van der Waals surface area contributed by atoms with E-state index in [1.807, 2.05) is 11.3 Å². The Morgan fingerprint density at radius 3 is 2.71 bits per heavy atom. The van der Waals surface area contributed by atoms with Gasteiger partial charge < -0.3 is 0 Å². The van der Waals surface area contributed by atoms with Crippen molar-refractivity contribution < 1.29 is 0 Å². The second-order valence-electron chi connectivity index (χ2n) is 3.19. The van der Waals surface area contributed by atoms with E-state index in [0.717, 1.165) is 11.8 Å². The van der Waals surface area contributed by atoms with E-state index in [9.17, 15) is 0 Å². The van der Waals surface area contributed by atoms with Crippen LogP contribution in [0.4, 0.5) is 0 Å². The predicted molar refractivity (Wildman–Crippen MR) is 71.5 cm³/mol. The van der Waals surface area contributed by atoms with Gasteiger partial charge in [-0.05, 0) is 40.4 Å². The molecule has 0 aliphatic heterocycles. The Morgan fingerprint density at radius 1 is 1.29 bits per heavy atom. The zero-order valence-electron chi connectivity index (χ0n) is 7.81. The Morgan fingerprint density at radius 2 is 2.07 bits per heavy atom. The highest BCUT2D eigenvalue weighted by atomic mass is 79.9. The molecule has 1 aromatic carbocycles. The van der Waals surface area contributed by atoms with Crippen molar-refractivity contribution in [2.75, 3.05) is 0 Å². The van der Waals surface area contributed by atoms with E-state index >= 15 is 0 Å². The number of halogens is 2. The molecule has 0 nitrogen and oxygen atoms in total. The van der Waals surface area contributed by atoms with Crippen LogP contribution in [0, 0.1) is 0 Å². The fraction of sp³-hybridized carbons (Fsp3) is 0.273. The number of hydrogen-bond acceptors (Lipinski definition) is 1. The van der Waals surface area contributed by atoms with Crippen molar-refractivity contribution in [3.63, 3.8) is 0 Å². The monoisotopic (exact) mass is 332 g/mol. The van der Waals surface area contributed by atoms with Crippen molar-refractivity contribution in [1.82, 2.24) is 0 Å². The van der Waals surface area contributed by atoms with Crippen LogP contribution in [-0.4, -0.2) is 0 Å². The molecule has 74 valence electrons. The summed E-state index contributed by atoms with van der Waals surface area (Å²) in [6.45, 7) is 2.21. The molecule has 0 radical (unpaired) electrons. The third-order valence-corrected chi connectivity index (χ3v) is 4.36. The minimum Gasteiger partial charge on any atom is -0.143 e. The minimum atomic E-state index is 0.923. The van der Waals surface area contributed by atoms with Gasteiger partial charge in [-0.3, -0.25) is 0 Å². The van der Waals surface area contributed by atoms with E-state index in [1.54, 1.807) is 0 Å². The van der Waals surface area contributed by atoms with Crippen molar-refractivity contribution in [2.45, 2.75) is 18.7 Å². The van der Waals surface area contributed by atoms with E-state index in [4.69, 9.17) is 0 Å². The normalized spacial score (nSPS) is 11.1. The van der Waals surface area contributed by atoms with Crippen LogP contribution in [0.1, 0.15) is 18.1 Å². The second kappa shape index (κ2) is 4.33. The van der Waals surface area contributed by atoms with E-state index in [-0.39, 0.29) is 0 Å². The fourth-order valence-electron chi connectivity index (χ4n) is 1.65. The van der Waals surface area contributed by atoms with Crippen LogP contribution in [0.15, 0.2) is 22.0 Å². The molecule has 0 atom stereocenters. The van der Waals surface area contributed by atoms with Crippen LogP contribution < -0.4 is 0 Å². The number of thiophene rings is 1. The number of benzene rings is 1. The molecule has 0 spiro atoms. The van der Waals surface area contributed by atoms with Crippen LogP contribution >= 0.6 is 43.2 Å². The SMILES string of the molecule is CCc1csc2cc(Br)cc(CBr)c12. The zero-order valence-corrected chi connectivity index (χ0v) is 11.8. The van der Waals surface area contributed by atoms with Gasteiger partial charge >= 0.3 is 0 Å². The van der Waals surface area contributed by atoms with Gasteiger partial charge in [0.1, 0.15) is 0 Å². The summed E-state index contributed by atoms with van der Waals surface area (Å²) in [6, 6.07) is 4.40. The lowest BCUT2D eigenvalue weighted by molar-refractivity contribution is 1.17. The summed E-state index contributed by atoms with van der Waals surface area (Å²) in [5.41, 5.74) is 2.85. The molecular weight excluding hydrogens is 324 g/mol. The Bertz CT molecular complexity index is 460. The highest BCUT2D eigenvalue weighted by molar-refractivity contribution is 9.10. The van der Waals surface area contributed by atoms with Crippen molar-refractivity contribution >= 4 is 53.3 Å². The summed E-state index contributed by atoms with van der Waals surface area (Å²) in [7, 11) is 0. The maximum atomic E-state index is 3.54. The molecule has 0 saturated heterocycles. The van der Waals surface area contributed by atoms with Crippen LogP contribution in [0.3, 0.4) is 0 Å². The molecule has 2 rings (SSSR count). The first kappa shape index (κ1) is 10.7. The van der Waals surface area contributed by atoms with Gasteiger partial charge in [0, 0.05) is 14.5 Å². The molecule has 1 aromatic heterocycles. The Kier molecular flexibility index (Phi) is 3.30. The molecule has 0 amide bonds. The Hall–Kier alpha value is 0.140. The molecule has 2 aromatic rings. The lowest BCUT2D eigenvalue weighted by Crippen LogP contribution is -1.83. The third-order valence-electron chi connectivity index (χ3n) is 2.32. The summed E-state index contributed by atoms with van der Waals surface area (Å²) in [5, 5.41) is 4.63. The molecular formula is C11H10Br2S. The van der Waals surface area contributed by atoms with Crippen molar-refractivity contribution in [3.05, 3.63) is 33.1 Å². The highest BCUT2D eigenvalue weighted by Gasteiger charge is 2.08. The topological polar surface area (TPSA) is 0 Å². The van der Waals surface area contributed by atoms with Gasteiger partial charge in [0.2, 0.25) is 0 Å². The molecule has 0 unspecified atom stereocenters. The van der Waals surface area contributed by atoms with Gasteiger partial charge in [-0.2, -0.15) is 0 Å². The van der Waals surface area contributed by atoms with Crippen LogP contribution in [0.25, 0.3) is 10.1 Å². The standard InChI is InChI=1S/C11H10Br2S/c1-2-7-6-14-10-4-9(13)3-8(5-12)11(7)10/h3-4,6H,2,5H2,1H3. The predicted octanol–water partition coefficient (Wildman–Crippen LogP) is 5.12. The number of alkyl halides is 1. The van der Waals surface area contributed by atoms with E-state index in [2.05, 4.69) is 56.3 Å². The quantitative estimate of drug-likeness (QED) is 0.669. The zero-order chi connectivity index (χ0) is 10.1. The van der Waals surface area contributed by atoms with Gasteiger partial charge in [0.05, 0.1) is 0 Å². The summed E-state index contributed by atoms with van der Waals surface area (Å²) >= 11 is 8.92. The lowest BCUT2D eigenvalue weighted by atomic mass is 10.1. The van der Waals surface area contributed by atoms with Gasteiger partial charge in [-0.1, -0.05) is 38.8 Å². The molecule has 0 N–H and O–H groups in total. The maximum Gasteiger partial charge on any atom is 0.0359 e. The first-order chi connectivity index (χ1) is 6.76. The van der Waals surface area contributed by atoms with Gasteiger partial charge in [-0.25, -0.2) is 0 Å². The molecule has 0 fully saturated rings. The number of aryl methyl sites for hydroxylation is 1. The van der Waals surface area contributed by atoms with Crippen LogP contribution in [0.2, 0.25) is 0 Å². The van der Waals surface area contributed by atoms with Crippen molar-refractivity contribution in [3.8, 4) is 0 Å². The van der Waals surface area contributed by atoms with E-state index in [1.165, 1.54) is 25.7 Å². The molecule has 0 bridgehead atoms. The van der Waals surface area contributed by atoms with E-state index < -0.39 is 0 Å². The van der Waals surface area contributed by atoms with Gasteiger partial charge in [0.15, 0.2) is 0 Å². The van der Waals surface area contributed by atoms with E-state index in [0.29, 0.717) is 0 Å². The Balaban J connectivity index is 2.78. The minimum absolute atomic E-state index is 0.923. The van der Waals surface area contributed by atoms with Crippen LogP contribution in [0.5, 0.6) is 0 Å². The molecule has 14 heavy (non-hydrogen) atoms. The summed E-state index contributed by atoms with van der Waals surface area (Å²) in [6.07, 6.45) is 1.11. The van der Waals surface area contributed by atoms with Crippen molar-refractivity contribution in [1.29, 1.82) is 0 Å². The first-order valence-electron chi connectivity index (χ1n) is 4.50. The number of rotatable bonds is 2.